The molecule has 1 heterocycles. The van der Waals surface area contributed by atoms with E-state index >= 15 is 0 Å². The summed E-state index contributed by atoms with van der Waals surface area (Å²) in [6.45, 7) is 2.47. The lowest BCUT2D eigenvalue weighted by Crippen LogP contribution is -2.21. The van der Waals surface area contributed by atoms with Crippen molar-refractivity contribution < 1.29 is 28.1 Å². The molecule has 1 aliphatic heterocycles. The molecule has 0 radical (unpaired) electrons. The van der Waals surface area contributed by atoms with E-state index in [0.717, 1.165) is 16.7 Å². The lowest BCUT2D eigenvalue weighted by Gasteiger charge is -2.27. The van der Waals surface area contributed by atoms with Crippen LogP contribution in [0.25, 0.3) is 0 Å². The highest BCUT2D eigenvalue weighted by molar-refractivity contribution is 5.75. The van der Waals surface area contributed by atoms with Crippen molar-refractivity contribution in [1.29, 1.82) is 5.26 Å². The van der Waals surface area contributed by atoms with Crippen molar-refractivity contribution in [2.45, 2.75) is 25.9 Å². The van der Waals surface area contributed by atoms with Crippen LogP contribution < -0.4 is 24.7 Å². The van der Waals surface area contributed by atoms with Gasteiger partial charge in [-0.2, -0.15) is 5.26 Å². The summed E-state index contributed by atoms with van der Waals surface area (Å²) in [7, 11) is 0. The van der Waals surface area contributed by atoms with E-state index in [9.17, 15) is 14.4 Å². The number of benzene rings is 4. The smallest absolute Gasteiger partial charge is 0.315 e. The van der Waals surface area contributed by atoms with Gasteiger partial charge in [-0.25, -0.2) is 4.39 Å². The van der Waals surface area contributed by atoms with Crippen LogP contribution in [0, 0.1) is 17.1 Å². The number of ether oxygens (including phenoxy) is 4. The average Bonchev–Trinajstić information content (AvgIpc) is 2.97. The Hall–Kier alpha value is -5.29. The molecule has 2 N–H and O–H groups in total. The van der Waals surface area contributed by atoms with Crippen LogP contribution in [0.1, 0.15) is 35.1 Å². The second-order valence-electron chi connectivity index (χ2n) is 9.32. The van der Waals surface area contributed by atoms with Gasteiger partial charge in [0.05, 0.1) is 18.9 Å². The Morgan fingerprint density at radius 1 is 0.951 bits per heavy atom. The summed E-state index contributed by atoms with van der Waals surface area (Å²) in [6.07, 6.45) is 0.123. The molecular formula is C33H27FN2O5. The summed E-state index contributed by atoms with van der Waals surface area (Å²) in [4.78, 5) is 12.5. The Bertz CT molecular complexity index is 1630. The number of halogens is 1. The molecule has 0 bridgehead atoms. The highest BCUT2D eigenvalue weighted by atomic mass is 19.1. The van der Waals surface area contributed by atoms with Crippen LogP contribution >= 0.6 is 0 Å². The number of hydrogen-bond acceptors (Lipinski definition) is 7. The van der Waals surface area contributed by atoms with Crippen LogP contribution in [-0.4, -0.2) is 12.6 Å². The van der Waals surface area contributed by atoms with Crippen molar-refractivity contribution >= 4 is 5.97 Å². The third-order valence-corrected chi connectivity index (χ3v) is 6.52. The summed E-state index contributed by atoms with van der Waals surface area (Å²) >= 11 is 0. The molecule has 0 saturated heterocycles. The molecule has 1 atom stereocenters. The van der Waals surface area contributed by atoms with Crippen LogP contribution in [-0.2, 0) is 17.8 Å². The topological polar surface area (TPSA) is 104 Å². The maximum Gasteiger partial charge on any atom is 0.315 e. The van der Waals surface area contributed by atoms with Crippen molar-refractivity contribution in [1.82, 2.24) is 0 Å². The molecule has 1 aliphatic rings. The minimum Gasteiger partial charge on any atom is -0.490 e. The minimum atomic E-state index is -0.553. The zero-order chi connectivity index (χ0) is 28.8. The van der Waals surface area contributed by atoms with E-state index in [1.807, 2.05) is 49.4 Å². The predicted molar refractivity (Wildman–Crippen MR) is 150 cm³/mol. The molecule has 8 heteroatoms. The van der Waals surface area contributed by atoms with Crippen molar-refractivity contribution in [2.24, 2.45) is 5.73 Å². The predicted octanol–water partition coefficient (Wildman–Crippen LogP) is 6.17. The Kier molecular flexibility index (Phi) is 8.16. The Morgan fingerprint density at radius 2 is 1.73 bits per heavy atom. The third kappa shape index (κ3) is 6.31. The first-order valence-electron chi connectivity index (χ1n) is 13.0. The lowest BCUT2D eigenvalue weighted by atomic mass is 9.83. The molecule has 1 unspecified atom stereocenters. The highest BCUT2D eigenvalue weighted by Crippen LogP contribution is 2.45. The van der Waals surface area contributed by atoms with Gasteiger partial charge in [0.15, 0.2) is 11.5 Å². The van der Waals surface area contributed by atoms with E-state index in [0.29, 0.717) is 35.2 Å². The van der Waals surface area contributed by atoms with Gasteiger partial charge in [-0.05, 0) is 53.9 Å². The van der Waals surface area contributed by atoms with Gasteiger partial charge < -0.3 is 24.7 Å². The minimum absolute atomic E-state index is 0.0349. The molecular weight excluding hydrogens is 523 g/mol. The number of fused-ring (bicyclic) bond motifs is 1. The van der Waals surface area contributed by atoms with Crippen LogP contribution in [0.4, 0.5) is 4.39 Å². The molecule has 5 rings (SSSR count). The summed E-state index contributed by atoms with van der Waals surface area (Å²) < 4.78 is 36.4. The van der Waals surface area contributed by atoms with Gasteiger partial charge in [0.1, 0.15) is 35.6 Å². The molecule has 4 aromatic rings. The van der Waals surface area contributed by atoms with E-state index in [1.165, 1.54) is 12.1 Å². The molecule has 0 aliphatic carbocycles. The van der Waals surface area contributed by atoms with Gasteiger partial charge in [-0.3, -0.25) is 4.79 Å². The van der Waals surface area contributed by atoms with Crippen molar-refractivity contribution in [3.63, 3.8) is 0 Å². The van der Waals surface area contributed by atoms with Crippen LogP contribution in [0.15, 0.2) is 102 Å². The van der Waals surface area contributed by atoms with Crippen molar-refractivity contribution in [3.8, 4) is 29.1 Å². The molecule has 206 valence electrons. The van der Waals surface area contributed by atoms with Crippen LogP contribution in [0.2, 0.25) is 0 Å². The van der Waals surface area contributed by atoms with E-state index in [2.05, 4.69) is 6.07 Å². The number of hydrogen-bond donors (Lipinski definition) is 1. The van der Waals surface area contributed by atoms with E-state index in [4.69, 9.17) is 24.7 Å². The molecule has 0 amide bonds. The number of carbonyl (C=O) groups is 1. The molecule has 41 heavy (non-hydrogen) atoms. The highest BCUT2D eigenvalue weighted by Gasteiger charge is 2.32. The molecule has 4 aromatic carbocycles. The largest absolute Gasteiger partial charge is 0.490 e. The summed E-state index contributed by atoms with van der Waals surface area (Å²) in [6, 6.07) is 28.0. The van der Waals surface area contributed by atoms with Gasteiger partial charge in [0.2, 0.25) is 5.88 Å². The number of nitrogens with two attached hydrogens (primary N) is 1. The number of nitrogens with zero attached hydrogens (tertiary/aromatic N) is 1. The van der Waals surface area contributed by atoms with Crippen LogP contribution in [0.5, 0.6) is 23.0 Å². The SMILES string of the molecule is CCOc1cc(C2C(C#N)=C(N)Oc3cc(OC(=O)Cc4ccccc4)ccc32)ccc1OCc1ccc(F)cc1. The summed E-state index contributed by atoms with van der Waals surface area (Å²) in [5, 5.41) is 9.97. The van der Waals surface area contributed by atoms with E-state index < -0.39 is 11.9 Å². The van der Waals surface area contributed by atoms with Crippen molar-refractivity contribution in [2.75, 3.05) is 6.61 Å². The average molecular weight is 551 g/mol. The molecule has 7 nitrogen and oxygen atoms in total. The molecule has 0 saturated carbocycles. The Balaban J connectivity index is 1.41. The number of carbonyl (C=O) groups excluding carboxylic acids is 1. The standard InChI is InChI=1S/C33H27FN2O5/c1-2-38-30-17-23(10-15-28(30)39-20-22-8-11-24(34)12-9-22)32-26-14-13-25(18-29(26)41-33(36)27(32)19-35)40-31(37)16-21-6-4-3-5-7-21/h3-15,17-18,32H,2,16,20,36H2,1H3. The number of rotatable bonds is 9. The van der Waals surface area contributed by atoms with Gasteiger partial charge >= 0.3 is 5.97 Å². The van der Waals surface area contributed by atoms with E-state index in [-0.39, 0.29) is 30.3 Å². The first kappa shape index (κ1) is 27.3. The third-order valence-electron chi connectivity index (χ3n) is 6.52. The van der Waals surface area contributed by atoms with Crippen molar-refractivity contribution in [3.05, 3.63) is 131 Å². The van der Waals surface area contributed by atoms with Gasteiger partial charge in [0.25, 0.3) is 0 Å². The quantitative estimate of drug-likeness (QED) is 0.196. The van der Waals surface area contributed by atoms with Gasteiger partial charge in [-0.15, -0.1) is 0 Å². The number of allylic oxidation sites excluding steroid dienone is 1. The summed E-state index contributed by atoms with van der Waals surface area (Å²) in [5.41, 5.74) is 9.49. The molecule has 0 aromatic heterocycles. The monoisotopic (exact) mass is 550 g/mol. The second-order valence-corrected chi connectivity index (χ2v) is 9.32. The Morgan fingerprint density at radius 3 is 2.46 bits per heavy atom. The molecule has 0 spiro atoms. The molecule has 0 fully saturated rings. The lowest BCUT2D eigenvalue weighted by molar-refractivity contribution is -0.133. The van der Waals surface area contributed by atoms with Gasteiger partial charge in [0, 0.05) is 11.6 Å². The fourth-order valence-electron chi connectivity index (χ4n) is 4.61. The van der Waals surface area contributed by atoms with Gasteiger partial charge in [-0.1, -0.05) is 54.6 Å². The zero-order valence-corrected chi connectivity index (χ0v) is 22.3. The number of nitriles is 1. The van der Waals surface area contributed by atoms with E-state index in [1.54, 1.807) is 36.4 Å². The second kappa shape index (κ2) is 12.3. The first-order valence-corrected chi connectivity index (χ1v) is 13.0. The maximum absolute atomic E-state index is 13.3. The Labute approximate surface area is 237 Å². The summed E-state index contributed by atoms with van der Waals surface area (Å²) in [5.74, 6) is 0.355. The maximum atomic E-state index is 13.3. The van der Waals surface area contributed by atoms with Crippen LogP contribution in [0.3, 0.4) is 0 Å². The first-order chi connectivity index (χ1) is 19.9. The zero-order valence-electron chi connectivity index (χ0n) is 22.3. The number of esters is 1. The fourth-order valence-corrected chi connectivity index (χ4v) is 4.61. The fraction of sp³-hybridized carbons (Fsp3) is 0.152. The normalized spacial score (nSPS) is 13.9.